The number of hydrogen-bond acceptors (Lipinski definition) is 4. The van der Waals surface area contributed by atoms with Gasteiger partial charge in [-0.1, -0.05) is 74.5 Å². The van der Waals surface area contributed by atoms with Crippen molar-refractivity contribution in [3.05, 3.63) is 71.8 Å². The zero-order valence-electron chi connectivity index (χ0n) is 17.2. The van der Waals surface area contributed by atoms with Crippen molar-refractivity contribution in [2.24, 2.45) is 5.92 Å². The van der Waals surface area contributed by atoms with E-state index in [0.717, 1.165) is 11.1 Å². The first-order chi connectivity index (χ1) is 14.0. The molecule has 0 aliphatic heterocycles. The summed E-state index contributed by atoms with van der Waals surface area (Å²) in [5.74, 6) is -0.0708. The fourth-order valence-corrected chi connectivity index (χ4v) is 3.15. The van der Waals surface area contributed by atoms with E-state index in [1.807, 2.05) is 79.4 Å². The van der Waals surface area contributed by atoms with Gasteiger partial charge in [0, 0.05) is 19.7 Å². The van der Waals surface area contributed by atoms with Gasteiger partial charge in [0.25, 0.3) is 0 Å². The van der Waals surface area contributed by atoms with Gasteiger partial charge in [-0.3, -0.25) is 15.0 Å². The Bertz CT molecular complexity index is 711. The standard InChI is InChI=1S/C23H31N3O3/c1-18(2)16-24-23(29)25-21(28)17-26(14-9-15-27)22(19-10-5-3-6-11-19)20-12-7-4-8-13-20/h3-8,10-13,18,22,27H,9,14-17H2,1-2H3,(H2,24,25,28,29). The Morgan fingerprint density at radius 1 is 0.966 bits per heavy atom. The Hall–Kier alpha value is -2.70. The molecule has 6 nitrogen and oxygen atoms in total. The molecule has 0 fully saturated rings. The number of amides is 3. The quantitative estimate of drug-likeness (QED) is 0.576. The molecule has 0 aliphatic carbocycles. The van der Waals surface area contributed by atoms with Gasteiger partial charge in [0.1, 0.15) is 0 Å². The molecular formula is C23H31N3O3. The summed E-state index contributed by atoms with van der Waals surface area (Å²) in [4.78, 5) is 26.5. The van der Waals surface area contributed by atoms with Crippen LogP contribution in [0.25, 0.3) is 0 Å². The maximum Gasteiger partial charge on any atom is 0.321 e. The van der Waals surface area contributed by atoms with E-state index in [1.165, 1.54) is 0 Å². The Morgan fingerprint density at radius 2 is 1.52 bits per heavy atom. The van der Waals surface area contributed by atoms with Gasteiger partial charge < -0.3 is 10.4 Å². The van der Waals surface area contributed by atoms with Gasteiger partial charge in [0.05, 0.1) is 12.6 Å². The number of rotatable bonds is 10. The molecule has 0 radical (unpaired) electrons. The second-order valence-electron chi connectivity index (χ2n) is 7.42. The van der Waals surface area contributed by atoms with Crippen LogP contribution < -0.4 is 10.6 Å². The van der Waals surface area contributed by atoms with Gasteiger partial charge in [-0.05, 0) is 23.5 Å². The molecule has 0 spiro atoms. The molecular weight excluding hydrogens is 366 g/mol. The summed E-state index contributed by atoms with van der Waals surface area (Å²) in [6.45, 7) is 5.08. The lowest BCUT2D eigenvalue weighted by molar-refractivity contribution is -0.121. The van der Waals surface area contributed by atoms with E-state index in [4.69, 9.17) is 0 Å². The number of nitrogens with zero attached hydrogens (tertiary/aromatic N) is 1. The third-order valence-corrected chi connectivity index (χ3v) is 4.47. The second-order valence-corrected chi connectivity index (χ2v) is 7.42. The van der Waals surface area contributed by atoms with E-state index < -0.39 is 6.03 Å². The number of aliphatic hydroxyl groups excluding tert-OH is 1. The second kappa shape index (κ2) is 12.0. The number of carbonyl (C=O) groups is 2. The summed E-state index contributed by atoms with van der Waals surface area (Å²) >= 11 is 0. The average molecular weight is 398 g/mol. The van der Waals surface area contributed by atoms with E-state index in [-0.39, 0.29) is 25.1 Å². The Morgan fingerprint density at radius 3 is 2.00 bits per heavy atom. The molecule has 29 heavy (non-hydrogen) atoms. The van der Waals surface area contributed by atoms with E-state index >= 15 is 0 Å². The summed E-state index contributed by atoms with van der Waals surface area (Å²) in [6.07, 6.45) is 0.531. The maximum atomic E-state index is 12.6. The van der Waals surface area contributed by atoms with E-state index in [0.29, 0.717) is 25.4 Å². The molecule has 2 aromatic rings. The van der Waals surface area contributed by atoms with Crippen molar-refractivity contribution in [2.45, 2.75) is 26.3 Å². The molecule has 2 aromatic carbocycles. The zero-order chi connectivity index (χ0) is 21.1. The number of benzene rings is 2. The minimum atomic E-state index is -0.484. The van der Waals surface area contributed by atoms with Crippen LogP contribution in [0, 0.1) is 5.92 Å². The molecule has 0 saturated heterocycles. The molecule has 0 aliphatic rings. The predicted molar refractivity (Wildman–Crippen MR) is 114 cm³/mol. The maximum absolute atomic E-state index is 12.6. The topological polar surface area (TPSA) is 81.7 Å². The minimum Gasteiger partial charge on any atom is -0.396 e. The van der Waals surface area contributed by atoms with Crippen molar-refractivity contribution in [3.63, 3.8) is 0 Å². The summed E-state index contributed by atoms with van der Waals surface area (Å²) < 4.78 is 0. The molecule has 156 valence electrons. The fraction of sp³-hybridized carbons (Fsp3) is 0.391. The van der Waals surface area contributed by atoms with Crippen LogP contribution in [0.1, 0.15) is 37.4 Å². The highest BCUT2D eigenvalue weighted by molar-refractivity contribution is 5.95. The highest BCUT2D eigenvalue weighted by atomic mass is 16.3. The van der Waals surface area contributed by atoms with Crippen molar-refractivity contribution >= 4 is 11.9 Å². The van der Waals surface area contributed by atoms with E-state index in [1.54, 1.807) is 0 Å². The summed E-state index contributed by atoms with van der Waals surface area (Å²) in [6, 6.07) is 19.2. The lowest BCUT2D eigenvalue weighted by Gasteiger charge is -2.32. The fourth-order valence-electron chi connectivity index (χ4n) is 3.15. The molecule has 0 saturated carbocycles. The first kappa shape index (κ1) is 22.6. The van der Waals surface area contributed by atoms with E-state index in [2.05, 4.69) is 10.6 Å². The van der Waals surface area contributed by atoms with Gasteiger partial charge in [-0.15, -0.1) is 0 Å². The number of carbonyl (C=O) groups excluding carboxylic acids is 2. The Balaban J connectivity index is 2.20. The van der Waals surface area contributed by atoms with Crippen molar-refractivity contribution in [3.8, 4) is 0 Å². The molecule has 0 atom stereocenters. The van der Waals surface area contributed by atoms with Crippen LogP contribution in [0.15, 0.2) is 60.7 Å². The molecule has 0 bridgehead atoms. The van der Waals surface area contributed by atoms with Gasteiger partial charge in [-0.25, -0.2) is 4.79 Å². The van der Waals surface area contributed by atoms with E-state index in [9.17, 15) is 14.7 Å². The first-order valence-electron chi connectivity index (χ1n) is 10.0. The molecule has 6 heteroatoms. The smallest absolute Gasteiger partial charge is 0.321 e. The van der Waals surface area contributed by atoms with Crippen molar-refractivity contribution < 1.29 is 14.7 Å². The minimum absolute atomic E-state index is 0.0310. The van der Waals surface area contributed by atoms with Crippen LogP contribution in [0.3, 0.4) is 0 Å². The monoisotopic (exact) mass is 397 g/mol. The largest absolute Gasteiger partial charge is 0.396 e. The predicted octanol–water partition coefficient (Wildman–Crippen LogP) is 2.94. The van der Waals surface area contributed by atoms with Crippen LogP contribution in [0.2, 0.25) is 0 Å². The molecule has 3 amide bonds. The van der Waals surface area contributed by atoms with Crippen molar-refractivity contribution in [2.75, 3.05) is 26.2 Å². The summed E-state index contributed by atoms with van der Waals surface area (Å²) in [5.41, 5.74) is 2.10. The first-order valence-corrected chi connectivity index (χ1v) is 10.0. The van der Waals surface area contributed by atoms with Crippen LogP contribution >= 0.6 is 0 Å². The number of urea groups is 1. The SMILES string of the molecule is CC(C)CNC(=O)NC(=O)CN(CCCO)C(c1ccccc1)c1ccccc1. The Kier molecular flexibility index (Phi) is 9.34. The van der Waals surface area contributed by atoms with Gasteiger partial charge in [0.2, 0.25) is 5.91 Å². The average Bonchev–Trinajstić information content (AvgIpc) is 2.72. The molecule has 2 rings (SSSR count). The van der Waals surface area contributed by atoms with Gasteiger partial charge in [-0.2, -0.15) is 0 Å². The molecule has 0 aromatic heterocycles. The van der Waals surface area contributed by atoms with Gasteiger partial charge >= 0.3 is 6.03 Å². The molecule has 0 heterocycles. The highest BCUT2D eigenvalue weighted by Crippen LogP contribution is 2.28. The Labute approximate surface area is 172 Å². The number of hydrogen-bond donors (Lipinski definition) is 3. The molecule has 3 N–H and O–H groups in total. The number of nitrogens with one attached hydrogen (secondary N) is 2. The normalized spacial score (nSPS) is 11.1. The molecule has 0 unspecified atom stereocenters. The summed E-state index contributed by atoms with van der Waals surface area (Å²) in [7, 11) is 0. The highest BCUT2D eigenvalue weighted by Gasteiger charge is 2.24. The van der Waals surface area contributed by atoms with Crippen LogP contribution in [-0.4, -0.2) is 48.2 Å². The lowest BCUT2D eigenvalue weighted by atomic mass is 9.96. The third-order valence-electron chi connectivity index (χ3n) is 4.47. The summed E-state index contributed by atoms with van der Waals surface area (Å²) in [5, 5.41) is 14.4. The van der Waals surface area contributed by atoms with Gasteiger partial charge in [0.15, 0.2) is 0 Å². The number of imide groups is 1. The van der Waals surface area contributed by atoms with Crippen molar-refractivity contribution in [1.29, 1.82) is 0 Å². The zero-order valence-corrected chi connectivity index (χ0v) is 17.2. The van der Waals surface area contributed by atoms with Crippen LogP contribution in [-0.2, 0) is 4.79 Å². The van der Waals surface area contributed by atoms with Crippen LogP contribution in [0.5, 0.6) is 0 Å². The van der Waals surface area contributed by atoms with Crippen molar-refractivity contribution in [1.82, 2.24) is 15.5 Å². The third kappa shape index (κ3) is 7.68. The van der Waals surface area contributed by atoms with Crippen LogP contribution in [0.4, 0.5) is 4.79 Å². The number of aliphatic hydroxyl groups is 1. The lowest BCUT2D eigenvalue weighted by Crippen LogP contribution is -2.46.